The number of hydrogen-bond donors (Lipinski definition) is 1. The molecule has 0 saturated carbocycles. The lowest BCUT2D eigenvalue weighted by atomic mass is 10.1. The van der Waals surface area contributed by atoms with Crippen LogP contribution in [0, 0.1) is 39.2 Å². The van der Waals surface area contributed by atoms with Crippen molar-refractivity contribution in [2.24, 2.45) is 0 Å². The molecule has 0 aliphatic carbocycles. The van der Waals surface area contributed by atoms with Crippen LogP contribution in [0.2, 0.25) is 5.02 Å². The molecule has 0 saturated heterocycles. The van der Waals surface area contributed by atoms with Gasteiger partial charge in [-0.15, -0.1) is 0 Å². The molecule has 1 amide bonds. The van der Waals surface area contributed by atoms with Crippen LogP contribution in [0.25, 0.3) is 0 Å². The van der Waals surface area contributed by atoms with Crippen LogP contribution in [0.1, 0.15) is 10.4 Å². The smallest absolute Gasteiger partial charge is 0.282 e. The van der Waals surface area contributed by atoms with E-state index in [9.17, 15) is 36.9 Å². The molecule has 2 aromatic rings. The highest BCUT2D eigenvalue weighted by Crippen LogP contribution is 2.29. The summed E-state index contributed by atoms with van der Waals surface area (Å²) in [4.78, 5) is 21.8. The van der Waals surface area contributed by atoms with Crippen molar-refractivity contribution < 1.29 is 31.7 Å². The molecule has 0 bridgehead atoms. The molecule has 11 heteroatoms. The number of hydrogen-bond acceptors (Lipinski definition) is 3. The van der Waals surface area contributed by atoms with Gasteiger partial charge in [0.2, 0.25) is 5.82 Å². The van der Waals surface area contributed by atoms with Gasteiger partial charge in [0.05, 0.1) is 4.92 Å². The number of carbonyl (C=O) groups excluding carboxylic acids is 1. The predicted octanol–water partition coefficient (Wildman–Crippen LogP) is 4.20. The Labute approximate surface area is 134 Å². The maximum atomic E-state index is 13.5. The first-order valence-corrected chi connectivity index (χ1v) is 6.29. The van der Waals surface area contributed by atoms with Crippen LogP contribution in [0.4, 0.5) is 33.3 Å². The number of anilines is 1. The first-order chi connectivity index (χ1) is 11.1. The standard InChI is InChI=1S/C13H4ClF5N2O3/c14-4-1-2-6(21(23)24)5(3-4)13(22)20-12-10(18)8(16)7(15)9(17)11(12)19/h1-3H,(H,20,22). The van der Waals surface area contributed by atoms with Gasteiger partial charge in [0, 0.05) is 11.1 Å². The number of nitro benzene ring substituents is 1. The van der Waals surface area contributed by atoms with Crippen molar-refractivity contribution in [1.29, 1.82) is 0 Å². The third-order valence-corrected chi connectivity index (χ3v) is 3.08. The summed E-state index contributed by atoms with van der Waals surface area (Å²) in [7, 11) is 0. The van der Waals surface area contributed by atoms with Crippen molar-refractivity contribution in [3.05, 3.63) is 68.0 Å². The largest absolute Gasteiger partial charge is 0.317 e. The van der Waals surface area contributed by atoms with Crippen molar-refractivity contribution in [3.63, 3.8) is 0 Å². The summed E-state index contributed by atoms with van der Waals surface area (Å²) in [5.74, 6) is -13.0. The van der Waals surface area contributed by atoms with Gasteiger partial charge in [-0.3, -0.25) is 14.9 Å². The Morgan fingerprint density at radius 2 is 1.50 bits per heavy atom. The number of nitrogens with zero attached hydrogens (tertiary/aromatic N) is 1. The lowest BCUT2D eigenvalue weighted by molar-refractivity contribution is -0.385. The molecule has 0 heterocycles. The zero-order chi connectivity index (χ0) is 18.2. The summed E-state index contributed by atoms with van der Waals surface area (Å²) in [6, 6.07) is 2.73. The molecule has 0 spiro atoms. The van der Waals surface area contributed by atoms with E-state index in [1.807, 2.05) is 0 Å². The molecule has 0 atom stereocenters. The third kappa shape index (κ3) is 3.00. The molecule has 2 rings (SSSR count). The second-order valence-electron chi connectivity index (χ2n) is 4.32. The Bertz CT molecular complexity index is 846. The monoisotopic (exact) mass is 366 g/mol. The highest BCUT2D eigenvalue weighted by molar-refractivity contribution is 6.31. The maximum Gasteiger partial charge on any atom is 0.282 e. The first kappa shape index (κ1) is 17.6. The third-order valence-electron chi connectivity index (χ3n) is 2.85. The van der Waals surface area contributed by atoms with Gasteiger partial charge in [0.1, 0.15) is 11.3 Å². The van der Waals surface area contributed by atoms with Gasteiger partial charge in [-0.25, -0.2) is 22.0 Å². The molecular weight excluding hydrogens is 363 g/mol. The van der Waals surface area contributed by atoms with Crippen LogP contribution >= 0.6 is 11.6 Å². The molecule has 126 valence electrons. The number of rotatable bonds is 3. The van der Waals surface area contributed by atoms with E-state index < -0.39 is 56.9 Å². The number of carbonyl (C=O) groups is 1. The molecule has 0 aliphatic rings. The molecule has 5 nitrogen and oxygen atoms in total. The summed E-state index contributed by atoms with van der Waals surface area (Å²) in [6.07, 6.45) is 0. The number of halogens is 6. The molecule has 24 heavy (non-hydrogen) atoms. The average molecular weight is 367 g/mol. The van der Waals surface area contributed by atoms with E-state index in [0.717, 1.165) is 18.2 Å². The minimum atomic E-state index is -2.41. The summed E-state index contributed by atoms with van der Waals surface area (Å²) >= 11 is 5.58. The molecule has 2 aromatic carbocycles. The highest BCUT2D eigenvalue weighted by atomic mass is 35.5. The van der Waals surface area contributed by atoms with Gasteiger partial charge in [-0.05, 0) is 12.1 Å². The molecule has 0 radical (unpaired) electrons. The van der Waals surface area contributed by atoms with Crippen LogP contribution in [0.5, 0.6) is 0 Å². The Hall–Kier alpha value is -2.75. The van der Waals surface area contributed by atoms with Gasteiger partial charge >= 0.3 is 0 Å². The number of amides is 1. The van der Waals surface area contributed by atoms with Crippen LogP contribution in [0.3, 0.4) is 0 Å². The summed E-state index contributed by atoms with van der Waals surface area (Å²) in [5, 5.41) is 12.1. The maximum absolute atomic E-state index is 13.5. The Morgan fingerprint density at radius 1 is 1.00 bits per heavy atom. The molecule has 0 aliphatic heterocycles. The minimum absolute atomic E-state index is 0.122. The number of benzene rings is 2. The van der Waals surface area contributed by atoms with Gasteiger partial charge in [-0.2, -0.15) is 0 Å². The van der Waals surface area contributed by atoms with Gasteiger partial charge < -0.3 is 5.32 Å². The van der Waals surface area contributed by atoms with E-state index in [0.29, 0.717) is 0 Å². The van der Waals surface area contributed by atoms with E-state index in [1.54, 1.807) is 0 Å². The lowest BCUT2D eigenvalue weighted by Crippen LogP contribution is -2.18. The van der Waals surface area contributed by atoms with Crippen molar-refractivity contribution >= 4 is 28.9 Å². The quantitative estimate of drug-likeness (QED) is 0.291. The zero-order valence-electron chi connectivity index (χ0n) is 11.2. The van der Waals surface area contributed by atoms with E-state index in [1.165, 1.54) is 5.32 Å². The fourth-order valence-corrected chi connectivity index (χ4v) is 1.92. The molecule has 0 unspecified atom stereocenters. The molecule has 0 fully saturated rings. The Morgan fingerprint density at radius 3 is 2.00 bits per heavy atom. The van der Waals surface area contributed by atoms with Crippen molar-refractivity contribution in [2.45, 2.75) is 0 Å². The molecular formula is C13H4ClF5N2O3. The van der Waals surface area contributed by atoms with Crippen molar-refractivity contribution in [1.82, 2.24) is 0 Å². The van der Waals surface area contributed by atoms with E-state index in [-0.39, 0.29) is 5.02 Å². The van der Waals surface area contributed by atoms with Gasteiger partial charge in [0.15, 0.2) is 23.3 Å². The normalized spacial score (nSPS) is 10.6. The molecule has 0 aromatic heterocycles. The summed E-state index contributed by atoms with van der Waals surface area (Å²) in [5.41, 5.74) is -3.14. The van der Waals surface area contributed by atoms with Crippen LogP contribution in [-0.2, 0) is 0 Å². The summed E-state index contributed by atoms with van der Waals surface area (Å²) < 4.78 is 66.1. The van der Waals surface area contributed by atoms with Crippen LogP contribution in [0.15, 0.2) is 18.2 Å². The second kappa shape index (κ2) is 6.40. The first-order valence-electron chi connectivity index (χ1n) is 5.91. The van der Waals surface area contributed by atoms with E-state index in [4.69, 9.17) is 11.6 Å². The van der Waals surface area contributed by atoms with E-state index in [2.05, 4.69) is 0 Å². The number of nitro groups is 1. The average Bonchev–Trinajstić information content (AvgIpc) is 2.54. The van der Waals surface area contributed by atoms with E-state index >= 15 is 0 Å². The minimum Gasteiger partial charge on any atom is -0.317 e. The fraction of sp³-hybridized carbons (Fsp3) is 0. The number of nitrogens with one attached hydrogen (secondary N) is 1. The highest BCUT2D eigenvalue weighted by Gasteiger charge is 2.29. The second-order valence-corrected chi connectivity index (χ2v) is 4.75. The van der Waals surface area contributed by atoms with Crippen molar-refractivity contribution in [2.75, 3.05) is 5.32 Å². The zero-order valence-corrected chi connectivity index (χ0v) is 11.9. The topological polar surface area (TPSA) is 72.2 Å². The van der Waals surface area contributed by atoms with Gasteiger partial charge in [0.25, 0.3) is 11.6 Å². The predicted molar refractivity (Wildman–Crippen MR) is 72.3 cm³/mol. The molecule has 1 N–H and O–H groups in total. The summed E-state index contributed by atoms with van der Waals surface area (Å²) in [6.45, 7) is 0. The van der Waals surface area contributed by atoms with Crippen LogP contribution < -0.4 is 5.32 Å². The lowest BCUT2D eigenvalue weighted by Gasteiger charge is -2.10. The Balaban J connectivity index is 2.53. The van der Waals surface area contributed by atoms with Crippen LogP contribution in [-0.4, -0.2) is 10.8 Å². The van der Waals surface area contributed by atoms with Gasteiger partial charge in [-0.1, -0.05) is 11.6 Å². The fourth-order valence-electron chi connectivity index (χ4n) is 1.74. The SMILES string of the molecule is O=C(Nc1c(F)c(F)c(F)c(F)c1F)c1cc(Cl)ccc1[N+](=O)[O-]. The van der Waals surface area contributed by atoms with Crippen molar-refractivity contribution in [3.8, 4) is 0 Å². The Kier molecular flexibility index (Phi) is 4.69.